The molecule has 0 aliphatic heterocycles. The number of para-hydroxylation sites is 1. The maximum Gasteiger partial charge on any atom is 0.263 e. The van der Waals surface area contributed by atoms with E-state index in [2.05, 4.69) is 16.4 Å². The van der Waals surface area contributed by atoms with Gasteiger partial charge in [-0.2, -0.15) is 0 Å². The van der Waals surface area contributed by atoms with Crippen molar-refractivity contribution in [1.82, 2.24) is 10.3 Å². The van der Waals surface area contributed by atoms with Crippen molar-refractivity contribution in [2.75, 3.05) is 6.54 Å². The van der Waals surface area contributed by atoms with Crippen molar-refractivity contribution in [1.29, 1.82) is 0 Å². The van der Waals surface area contributed by atoms with Gasteiger partial charge in [0.2, 0.25) is 0 Å². The molecule has 1 aromatic carbocycles. The van der Waals surface area contributed by atoms with Crippen molar-refractivity contribution in [3.05, 3.63) is 58.1 Å². The fourth-order valence-electron chi connectivity index (χ4n) is 2.70. The van der Waals surface area contributed by atoms with Gasteiger partial charge < -0.3 is 10.1 Å². The van der Waals surface area contributed by atoms with Crippen LogP contribution in [0, 0.1) is 0 Å². The molecule has 0 fully saturated rings. The maximum atomic E-state index is 12.2. The fraction of sp³-hybridized carbons (Fsp3) is 0.368. The van der Waals surface area contributed by atoms with Gasteiger partial charge in [0.05, 0.1) is 6.20 Å². The highest BCUT2D eigenvalue weighted by Gasteiger charge is 2.11. The quantitative estimate of drug-likeness (QED) is 0.761. The molecular formula is C19H22N2O2S. The van der Waals surface area contributed by atoms with Crippen LogP contribution in [0.3, 0.4) is 0 Å². The van der Waals surface area contributed by atoms with Crippen molar-refractivity contribution in [3.8, 4) is 5.75 Å². The lowest BCUT2D eigenvalue weighted by Gasteiger charge is -2.12. The molecule has 1 aliphatic rings. The SMILES string of the molecule is O=C(NCCC1=CCCCC1)c1cnc(COc2ccccc2)s1. The predicted molar refractivity (Wildman–Crippen MR) is 96.4 cm³/mol. The standard InChI is InChI=1S/C19H22N2O2S/c22-19(20-12-11-15-7-3-1-4-8-15)17-13-21-18(24-17)14-23-16-9-5-2-6-10-16/h2,5-7,9-10,13H,1,3-4,8,11-12,14H2,(H,20,22). The lowest BCUT2D eigenvalue weighted by atomic mass is 9.97. The van der Waals surface area contributed by atoms with Crippen LogP contribution in [0.4, 0.5) is 0 Å². The highest BCUT2D eigenvalue weighted by Crippen LogP contribution is 2.20. The number of carbonyl (C=O) groups is 1. The molecule has 1 N–H and O–H groups in total. The van der Waals surface area contributed by atoms with E-state index in [1.54, 1.807) is 6.20 Å². The van der Waals surface area contributed by atoms with Crippen molar-refractivity contribution in [2.45, 2.75) is 38.7 Å². The van der Waals surface area contributed by atoms with Crippen LogP contribution in [0.1, 0.15) is 46.8 Å². The molecule has 2 aromatic rings. The zero-order chi connectivity index (χ0) is 16.6. The maximum absolute atomic E-state index is 12.2. The van der Waals surface area contributed by atoms with E-state index in [9.17, 15) is 4.79 Å². The first-order valence-electron chi connectivity index (χ1n) is 8.40. The monoisotopic (exact) mass is 342 g/mol. The molecule has 1 heterocycles. The third kappa shape index (κ3) is 4.93. The number of nitrogens with zero attached hydrogens (tertiary/aromatic N) is 1. The Kier molecular flexibility index (Phi) is 6.01. The second-order valence-electron chi connectivity index (χ2n) is 5.83. The van der Waals surface area contributed by atoms with Crippen molar-refractivity contribution >= 4 is 17.2 Å². The molecule has 1 amide bonds. The minimum atomic E-state index is -0.0464. The Balaban J connectivity index is 1.44. The Hall–Kier alpha value is -2.14. The summed E-state index contributed by atoms with van der Waals surface area (Å²) in [6.07, 6.45) is 9.84. The average Bonchev–Trinajstić information content (AvgIpc) is 3.11. The molecule has 24 heavy (non-hydrogen) atoms. The fourth-order valence-corrected chi connectivity index (χ4v) is 3.45. The molecule has 0 atom stereocenters. The van der Waals surface area contributed by atoms with E-state index in [4.69, 9.17) is 4.74 Å². The van der Waals surface area contributed by atoms with E-state index in [1.807, 2.05) is 30.3 Å². The first-order valence-corrected chi connectivity index (χ1v) is 9.21. The lowest BCUT2D eigenvalue weighted by Crippen LogP contribution is -2.24. The van der Waals surface area contributed by atoms with Crippen molar-refractivity contribution in [3.63, 3.8) is 0 Å². The zero-order valence-corrected chi connectivity index (χ0v) is 14.5. The van der Waals surface area contributed by atoms with Crippen molar-refractivity contribution < 1.29 is 9.53 Å². The van der Waals surface area contributed by atoms with Gasteiger partial charge >= 0.3 is 0 Å². The van der Waals surface area contributed by atoms with E-state index < -0.39 is 0 Å². The van der Waals surface area contributed by atoms with Crippen LogP contribution in [-0.4, -0.2) is 17.4 Å². The van der Waals surface area contributed by atoms with E-state index in [0.717, 1.165) is 17.2 Å². The number of aromatic nitrogens is 1. The Labute approximate surface area is 146 Å². The molecule has 4 nitrogen and oxygen atoms in total. The summed E-state index contributed by atoms with van der Waals surface area (Å²) in [5.41, 5.74) is 1.47. The Morgan fingerprint density at radius 1 is 1.25 bits per heavy atom. The number of allylic oxidation sites excluding steroid dienone is 1. The van der Waals surface area contributed by atoms with E-state index in [0.29, 0.717) is 18.0 Å². The van der Waals surface area contributed by atoms with Gasteiger partial charge in [-0.15, -0.1) is 11.3 Å². The first kappa shape index (κ1) is 16.7. The third-order valence-corrected chi connectivity index (χ3v) is 4.97. The van der Waals surface area contributed by atoms with Crippen LogP contribution in [0.5, 0.6) is 5.75 Å². The molecule has 1 aliphatic carbocycles. The zero-order valence-electron chi connectivity index (χ0n) is 13.7. The molecule has 0 saturated heterocycles. The van der Waals surface area contributed by atoms with Gasteiger partial charge in [-0.1, -0.05) is 29.8 Å². The van der Waals surface area contributed by atoms with E-state index in [-0.39, 0.29) is 5.91 Å². The molecule has 0 bridgehead atoms. The van der Waals surface area contributed by atoms with Crippen LogP contribution in [0.15, 0.2) is 48.2 Å². The number of carbonyl (C=O) groups excluding carboxylic acids is 1. The van der Waals surface area contributed by atoms with Crippen LogP contribution in [0.25, 0.3) is 0 Å². The summed E-state index contributed by atoms with van der Waals surface area (Å²) < 4.78 is 5.65. The first-order chi connectivity index (χ1) is 11.8. The van der Waals surface area contributed by atoms with Crippen LogP contribution >= 0.6 is 11.3 Å². The second kappa shape index (κ2) is 8.64. The summed E-state index contributed by atoms with van der Waals surface area (Å²) in [5.74, 6) is 0.759. The molecule has 5 heteroatoms. The second-order valence-corrected chi connectivity index (χ2v) is 6.95. The molecule has 3 rings (SSSR count). The number of ether oxygens (including phenoxy) is 1. The number of hydrogen-bond acceptors (Lipinski definition) is 4. The van der Waals surface area contributed by atoms with Gasteiger partial charge in [0.25, 0.3) is 5.91 Å². The minimum Gasteiger partial charge on any atom is -0.486 e. The third-order valence-electron chi connectivity index (χ3n) is 4.00. The number of rotatable bonds is 7. The van der Waals surface area contributed by atoms with Gasteiger partial charge in [0.15, 0.2) is 0 Å². The molecule has 0 radical (unpaired) electrons. The molecule has 0 saturated carbocycles. The number of hydrogen-bond donors (Lipinski definition) is 1. The molecule has 126 valence electrons. The Bertz CT molecular complexity index is 694. The number of amides is 1. The smallest absolute Gasteiger partial charge is 0.263 e. The molecule has 1 aromatic heterocycles. The molecule has 0 spiro atoms. The number of benzene rings is 1. The largest absolute Gasteiger partial charge is 0.486 e. The normalized spacial score (nSPS) is 14.1. The van der Waals surface area contributed by atoms with E-state index in [1.165, 1.54) is 42.6 Å². The van der Waals surface area contributed by atoms with Gasteiger partial charge in [0.1, 0.15) is 22.2 Å². The summed E-state index contributed by atoms with van der Waals surface area (Å²) in [5, 5.41) is 3.79. The minimum absolute atomic E-state index is 0.0464. The van der Waals surface area contributed by atoms with Gasteiger partial charge in [-0.3, -0.25) is 4.79 Å². The van der Waals surface area contributed by atoms with Crippen molar-refractivity contribution in [2.24, 2.45) is 0 Å². The van der Waals surface area contributed by atoms with Gasteiger partial charge in [-0.25, -0.2) is 4.98 Å². The molecular weight excluding hydrogens is 320 g/mol. The number of thiazole rings is 1. The highest BCUT2D eigenvalue weighted by atomic mass is 32.1. The van der Waals surface area contributed by atoms with Crippen LogP contribution in [-0.2, 0) is 6.61 Å². The molecule has 0 unspecified atom stereocenters. The predicted octanol–water partition coefficient (Wildman–Crippen LogP) is 4.34. The van der Waals surface area contributed by atoms with E-state index >= 15 is 0 Å². The Morgan fingerprint density at radius 3 is 2.92 bits per heavy atom. The summed E-state index contributed by atoms with van der Waals surface area (Å²) in [7, 11) is 0. The summed E-state index contributed by atoms with van der Waals surface area (Å²) >= 11 is 1.38. The Morgan fingerprint density at radius 2 is 2.12 bits per heavy atom. The van der Waals surface area contributed by atoms with Gasteiger partial charge in [-0.05, 0) is 44.2 Å². The average molecular weight is 342 g/mol. The highest BCUT2D eigenvalue weighted by molar-refractivity contribution is 7.13. The summed E-state index contributed by atoms with van der Waals surface area (Å²) in [4.78, 5) is 17.1. The van der Waals surface area contributed by atoms with Crippen LogP contribution < -0.4 is 10.1 Å². The summed E-state index contributed by atoms with van der Waals surface area (Å²) in [6.45, 7) is 1.08. The van der Waals surface area contributed by atoms with Gasteiger partial charge in [0, 0.05) is 6.54 Å². The topological polar surface area (TPSA) is 51.2 Å². The van der Waals surface area contributed by atoms with Crippen LogP contribution in [0.2, 0.25) is 0 Å². The lowest BCUT2D eigenvalue weighted by molar-refractivity contribution is 0.0958. The number of nitrogens with one attached hydrogen (secondary N) is 1. The summed E-state index contributed by atoms with van der Waals surface area (Å²) in [6, 6.07) is 9.61.